The first-order chi connectivity index (χ1) is 8.17. The molecular formula is C13H21BrN2O. The van der Waals surface area contributed by atoms with Crippen LogP contribution >= 0.6 is 15.9 Å². The second kappa shape index (κ2) is 7.67. The van der Waals surface area contributed by atoms with Gasteiger partial charge in [-0.3, -0.25) is 4.90 Å². The highest BCUT2D eigenvalue weighted by Gasteiger charge is 2.10. The molecule has 0 aromatic carbocycles. The molecule has 1 rings (SSSR count). The molecule has 0 amide bonds. The lowest BCUT2D eigenvalue weighted by Gasteiger charge is -2.25. The van der Waals surface area contributed by atoms with E-state index in [0.717, 1.165) is 30.5 Å². The molecule has 0 spiro atoms. The van der Waals surface area contributed by atoms with Crippen molar-refractivity contribution in [3.63, 3.8) is 0 Å². The van der Waals surface area contributed by atoms with Crippen LogP contribution in [0.3, 0.4) is 0 Å². The normalized spacial score (nSPS) is 11.2. The van der Waals surface area contributed by atoms with E-state index in [0.29, 0.717) is 11.9 Å². The van der Waals surface area contributed by atoms with Crippen molar-refractivity contribution >= 4 is 15.9 Å². The molecule has 4 heteroatoms. The number of nitrogens with zero attached hydrogens (tertiary/aromatic N) is 2. The van der Waals surface area contributed by atoms with E-state index in [1.807, 2.05) is 18.2 Å². The first kappa shape index (κ1) is 14.5. The highest BCUT2D eigenvalue weighted by molar-refractivity contribution is 9.09. The summed E-state index contributed by atoms with van der Waals surface area (Å²) in [6, 6.07) is 6.44. The van der Waals surface area contributed by atoms with Crippen LogP contribution in [0.4, 0.5) is 0 Å². The monoisotopic (exact) mass is 300 g/mol. The Morgan fingerprint density at radius 1 is 1.41 bits per heavy atom. The van der Waals surface area contributed by atoms with Gasteiger partial charge in [0, 0.05) is 24.0 Å². The van der Waals surface area contributed by atoms with Gasteiger partial charge in [-0.2, -0.15) is 0 Å². The third kappa shape index (κ3) is 5.04. The minimum absolute atomic E-state index is 0.530. The van der Waals surface area contributed by atoms with Crippen molar-refractivity contribution in [1.29, 1.82) is 0 Å². The van der Waals surface area contributed by atoms with E-state index in [2.05, 4.69) is 39.7 Å². The Balaban J connectivity index is 2.64. The van der Waals surface area contributed by atoms with Crippen LogP contribution in [0.15, 0.2) is 18.2 Å². The van der Waals surface area contributed by atoms with Gasteiger partial charge in [0.15, 0.2) is 0 Å². The van der Waals surface area contributed by atoms with Crippen molar-refractivity contribution < 1.29 is 4.74 Å². The van der Waals surface area contributed by atoms with E-state index < -0.39 is 0 Å². The van der Waals surface area contributed by atoms with Gasteiger partial charge in [0.1, 0.15) is 0 Å². The fourth-order valence-corrected chi connectivity index (χ4v) is 1.90. The van der Waals surface area contributed by atoms with Gasteiger partial charge in [-0.15, -0.1) is 0 Å². The average Bonchev–Trinajstić information content (AvgIpc) is 2.34. The largest absolute Gasteiger partial charge is 0.481 e. The molecule has 0 aliphatic rings. The Kier molecular flexibility index (Phi) is 6.52. The molecule has 0 atom stereocenters. The summed E-state index contributed by atoms with van der Waals surface area (Å²) in [4.78, 5) is 6.87. The van der Waals surface area contributed by atoms with Crippen molar-refractivity contribution in [2.75, 3.05) is 19.0 Å². The molecule has 3 nitrogen and oxygen atoms in total. The summed E-state index contributed by atoms with van der Waals surface area (Å²) in [6.45, 7) is 6.40. The van der Waals surface area contributed by atoms with Crippen LogP contribution < -0.4 is 4.74 Å². The number of halogens is 1. The van der Waals surface area contributed by atoms with Crippen molar-refractivity contribution in [3.8, 4) is 5.88 Å². The fraction of sp³-hybridized carbons (Fsp3) is 0.615. The fourth-order valence-electron chi connectivity index (χ4n) is 1.65. The Morgan fingerprint density at radius 2 is 2.18 bits per heavy atom. The predicted octanol–water partition coefficient (Wildman–Crippen LogP) is 3.09. The summed E-state index contributed by atoms with van der Waals surface area (Å²) in [5, 5.41) is 1.04. The van der Waals surface area contributed by atoms with Gasteiger partial charge in [0.25, 0.3) is 0 Å². The van der Waals surface area contributed by atoms with E-state index in [1.165, 1.54) is 0 Å². The molecule has 0 N–H and O–H groups in total. The standard InChI is InChI=1S/C13H21BrN2O/c1-11(2)16(9-5-8-14)10-12-6-4-7-13(15-12)17-3/h4,6-7,11H,5,8-10H2,1-3H3. The number of pyridine rings is 1. The molecule has 0 unspecified atom stereocenters. The molecule has 1 aromatic heterocycles. The summed E-state index contributed by atoms with van der Waals surface area (Å²) < 4.78 is 5.14. The molecule has 1 heterocycles. The van der Waals surface area contributed by atoms with Gasteiger partial charge >= 0.3 is 0 Å². The van der Waals surface area contributed by atoms with E-state index >= 15 is 0 Å². The maximum Gasteiger partial charge on any atom is 0.213 e. The van der Waals surface area contributed by atoms with Crippen LogP contribution in [0.2, 0.25) is 0 Å². The van der Waals surface area contributed by atoms with Gasteiger partial charge in [-0.1, -0.05) is 22.0 Å². The van der Waals surface area contributed by atoms with Crippen LogP contribution in [0.1, 0.15) is 26.0 Å². The Labute approximate surface area is 112 Å². The molecule has 0 saturated carbocycles. The summed E-state index contributed by atoms with van der Waals surface area (Å²) in [5.74, 6) is 0.687. The van der Waals surface area contributed by atoms with Crippen LogP contribution in [-0.4, -0.2) is 34.9 Å². The zero-order chi connectivity index (χ0) is 12.7. The number of ether oxygens (including phenoxy) is 1. The Bertz CT molecular complexity index is 331. The number of rotatable bonds is 7. The minimum atomic E-state index is 0.530. The molecule has 0 radical (unpaired) electrons. The summed E-state index contributed by atoms with van der Waals surface area (Å²) in [5.41, 5.74) is 1.06. The molecular weight excluding hydrogens is 280 g/mol. The molecule has 0 fully saturated rings. The van der Waals surface area contributed by atoms with Crippen molar-refractivity contribution in [3.05, 3.63) is 23.9 Å². The third-order valence-corrected chi connectivity index (χ3v) is 3.23. The van der Waals surface area contributed by atoms with Crippen LogP contribution in [0, 0.1) is 0 Å². The number of methoxy groups -OCH3 is 1. The van der Waals surface area contributed by atoms with E-state index in [-0.39, 0.29) is 0 Å². The van der Waals surface area contributed by atoms with Gasteiger partial charge in [0.2, 0.25) is 5.88 Å². The van der Waals surface area contributed by atoms with Gasteiger partial charge < -0.3 is 4.74 Å². The zero-order valence-corrected chi connectivity index (χ0v) is 12.4. The van der Waals surface area contributed by atoms with Gasteiger partial charge in [-0.25, -0.2) is 4.98 Å². The van der Waals surface area contributed by atoms with Crippen molar-refractivity contribution in [1.82, 2.24) is 9.88 Å². The maximum atomic E-state index is 5.14. The highest BCUT2D eigenvalue weighted by Crippen LogP contribution is 2.11. The zero-order valence-electron chi connectivity index (χ0n) is 10.8. The van der Waals surface area contributed by atoms with Crippen molar-refractivity contribution in [2.45, 2.75) is 32.9 Å². The maximum absolute atomic E-state index is 5.14. The molecule has 0 aliphatic heterocycles. The summed E-state index contributed by atoms with van der Waals surface area (Å²) in [7, 11) is 1.65. The lowest BCUT2D eigenvalue weighted by atomic mass is 10.2. The van der Waals surface area contributed by atoms with E-state index in [4.69, 9.17) is 4.74 Å². The second-order valence-corrected chi connectivity index (χ2v) is 5.07. The third-order valence-electron chi connectivity index (χ3n) is 2.66. The summed E-state index contributed by atoms with van der Waals surface area (Å²) >= 11 is 3.47. The molecule has 17 heavy (non-hydrogen) atoms. The highest BCUT2D eigenvalue weighted by atomic mass is 79.9. The lowest BCUT2D eigenvalue weighted by Crippen LogP contribution is -2.31. The lowest BCUT2D eigenvalue weighted by molar-refractivity contribution is 0.211. The second-order valence-electron chi connectivity index (χ2n) is 4.28. The molecule has 0 aliphatic carbocycles. The van der Waals surface area contributed by atoms with E-state index in [1.54, 1.807) is 7.11 Å². The first-order valence-corrected chi connectivity index (χ1v) is 7.09. The molecule has 0 bridgehead atoms. The number of hydrogen-bond acceptors (Lipinski definition) is 3. The number of hydrogen-bond donors (Lipinski definition) is 0. The smallest absolute Gasteiger partial charge is 0.213 e. The number of alkyl halides is 1. The minimum Gasteiger partial charge on any atom is -0.481 e. The predicted molar refractivity (Wildman–Crippen MR) is 74.7 cm³/mol. The van der Waals surface area contributed by atoms with Gasteiger partial charge in [0.05, 0.1) is 12.8 Å². The van der Waals surface area contributed by atoms with Crippen LogP contribution in [-0.2, 0) is 6.54 Å². The molecule has 96 valence electrons. The average molecular weight is 301 g/mol. The topological polar surface area (TPSA) is 25.4 Å². The molecule has 0 saturated heterocycles. The quantitative estimate of drug-likeness (QED) is 0.724. The summed E-state index contributed by atoms with van der Waals surface area (Å²) in [6.07, 6.45) is 1.15. The Morgan fingerprint density at radius 3 is 2.76 bits per heavy atom. The van der Waals surface area contributed by atoms with E-state index in [9.17, 15) is 0 Å². The van der Waals surface area contributed by atoms with Crippen molar-refractivity contribution in [2.24, 2.45) is 0 Å². The first-order valence-electron chi connectivity index (χ1n) is 5.97. The van der Waals surface area contributed by atoms with Crippen LogP contribution in [0.25, 0.3) is 0 Å². The Hall–Kier alpha value is -0.610. The van der Waals surface area contributed by atoms with Crippen LogP contribution in [0.5, 0.6) is 5.88 Å². The van der Waals surface area contributed by atoms with Gasteiger partial charge in [-0.05, 0) is 32.9 Å². The number of aromatic nitrogens is 1. The molecule has 1 aromatic rings. The SMILES string of the molecule is COc1cccc(CN(CCCBr)C(C)C)n1.